The first-order valence-corrected chi connectivity index (χ1v) is 8.30. The van der Waals surface area contributed by atoms with Gasteiger partial charge in [-0.25, -0.2) is 0 Å². The fourth-order valence-electron chi connectivity index (χ4n) is 2.70. The van der Waals surface area contributed by atoms with Crippen LogP contribution in [0.5, 0.6) is 5.75 Å². The van der Waals surface area contributed by atoms with Crippen LogP contribution in [0.15, 0.2) is 30.3 Å². The number of aromatic nitrogens is 2. The van der Waals surface area contributed by atoms with Crippen LogP contribution < -0.4 is 5.73 Å². The number of amides is 1. The average Bonchev–Trinajstić information content (AvgIpc) is 2.88. The number of nitrogens with two attached hydrogens (primary N) is 1. The normalized spacial score (nSPS) is 10.8. The Balaban J connectivity index is 2.14. The molecule has 0 saturated carbocycles. The second kappa shape index (κ2) is 8.36. The molecule has 0 saturated heterocycles. The van der Waals surface area contributed by atoms with Gasteiger partial charge in [0.15, 0.2) is 11.4 Å². The first kappa shape index (κ1) is 17.1. The van der Waals surface area contributed by atoms with Crippen LogP contribution in [-0.4, -0.2) is 20.8 Å². The first-order valence-electron chi connectivity index (χ1n) is 8.30. The van der Waals surface area contributed by atoms with E-state index in [1.54, 1.807) is 4.68 Å². The molecule has 0 atom stereocenters. The zero-order valence-electron chi connectivity index (χ0n) is 13.7. The highest BCUT2D eigenvalue weighted by atomic mass is 16.3. The van der Waals surface area contributed by atoms with Crippen LogP contribution in [-0.2, 0) is 6.54 Å². The molecule has 0 radical (unpaired) electrons. The number of benzene rings is 1. The number of primary amides is 1. The summed E-state index contributed by atoms with van der Waals surface area (Å²) < 4.78 is 1.70. The Labute approximate surface area is 137 Å². The van der Waals surface area contributed by atoms with Gasteiger partial charge in [0.05, 0.1) is 0 Å². The maximum Gasteiger partial charge on any atom is 0.273 e. The molecule has 0 fully saturated rings. The van der Waals surface area contributed by atoms with Gasteiger partial charge in [-0.1, -0.05) is 69.4 Å². The highest BCUT2D eigenvalue weighted by Gasteiger charge is 2.21. The summed E-state index contributed by atoms with van der Waals surface area (Å²) in [5.74, 6) is -0.837. The lowest BCUT2D eigenvalue weighted by atomic mass is 10.1. The van der Waals surface area contributed by atoms with Crippen molar-refractivity contribution in [3.63, 3.8) is 0 Å². The third kappa shape index (κ3) is 4.34. The van der Waals surface area contributed by atoms with Gasteiger partial charge in [-0.15, -0.1) is 0 Å². The van der Waals surface area contributed by atoms with Gasteiger partial charge < -0.3 is 10.8 Å². The molecule has 3 N–H and O–H groups in total. The Morgan fingerprint density at radius 1 is 1.13 bits per heavy atom. The van der Waals surface area contributed by atoms with Crippen molar-refractivity contribution in [2.24, 2.45) is 5.73 Å². The van der Waals surface area contributed by atoms with Crippen LogP contribution in [0.3, 0.4) is 0 Å². The third-order valence-electron chi connectivity index (χ3n) is 3.93. The van der Waals surface area contributed by atoms with Crippen molar-refractivity contribution < 1.29 is 9.90 Å². The van der Waals surface area contributed by atoms with Crippen LogP contribution in [0.25, 0.3) is 11.3 Å². The van der Waals surface area contributed by atoms with Gasteiger partial charge in [-0.3, -0.25) is 9.48 Å². The van der Waals surface area contributed by atoms with Gasteiger partial charge in [0.2, 0.25) is 0 Å². The van der Waals surface area contributed by atoms with Crippen molar-refractivity contribution in [1.82, 2.24) is 9.78 Å². The van der Waals surface area contributed by atoms with Crippen molar-refractivity contribution in [3.8, 4) is 17.0 Å². The molecule has 1 aromatic heterocycles. The summed E-state index contributed by atoms with van der Waals surface area (Å²) in [6.07, 6.45) is 7.02. The van der Waals surface area contributed by atoms with Crippen molar-refractivity contribution in [1.29, 1.82) is 0 Å². The second-order valence-electron chi connectivity index (χ2n) is 5.77. The van der Waals surface area contributed by atoms with E-state index >= 15 is 0 Å². The molecule has 1 aromatic carbocycles. The van der Waals surface area contributed by atoms with Crippen LogP contribution in [0.2, 0.25) is 0 Å². The minimum atomic E-state index is -0.707. The van der Waals surface area contributed by atoms with Crippen molar-refractivity contribution in [3.05, 3.63) is 36.0 Å². The average molecular weight is 315 g/mol. The van der Waals surface area contributed by atoms with Gasteiger partial charge in [0, 0.05) is 12.1 Å². The first-order chi connectivity index (χ1) is 11.1. The Kier molecular flexibility index (Phi) is 6.20. The van der Waals surface area contributed by atoms with Gasteiger partial charge in [-0.2, -0.15) is 5.10 Å². The summed E-state index contributed by atoms with van der Waals surface area (Å²) in [4.78, 5) is 11.5. The Morgan fingerprint density at radius 2 is 1.78 bits per heavy atom. The number of carbonyl (C=O) groups is 1. The Bertz CT molecular complexity index is 635. The predicted molar refractivity (Wildman–Crippen MR) is 91.2 cm³/mol. The summed E-state index contributed by atoms with van der Waals surface area (Å²) in [5.41, 5.74) is 6.64. The standard InChI is InChI=1S/C18H25N3O2/c1-2-3-4-5-6-10-13-21-16(14-11-8-7-9-12-14)17(22)15(20-21)18(19)23/h7-9,11-12,22H,2-6,10,13H2,1H3,(H2,19,23). The van der Waals surface area contributed by atoms with E-state index in [1.807, 2.05) is 30.3 Å². The predicted octanol–water partition coefficient (Wildman–Crippen LogP) is 3.72. The van der Waals surface area contributed by atoms with E-state index in [9.17, 15) is 9.90 Å². The SMILES string of the molecule is CCCCCCCCn1nc(C(N)=O)c(O)c1-c1ccccc1. The Hall–Kier alpha value is -2.30. The quantitative estimate of drug-likeness (QED) is 0.692. The molecule has 2 rings (SSSR count). The Morgan fingerprint density at radius 3 is 2.43 bits per heavy atom. The molecule has 0 bridgehead atoms. The van der Waals surface area contributed by atoms with E-state index in [-0.39, 0.29) is 11.4 Å². The highest BCUT2D eigenvalue weighted by Crippen LogP contribution is 2.32. The summed E-state index contributed by atoms with van der Waals surface area (Å²) >= 11 is 0. The fraction of sp³-hybridized carbons (Fsp3) is 0.444. The third-order valence-corrected chi connectivity index (χ3v) is 3.93. The summed E-state index contributed by atoms with van der Waals surface area (Å²) in [6.45, 7) is 2.86. The van der Waals surface area contributed by atoms with Crippen molar-refractivity contribution >= 4 is 5.91 Å². The number of carbonyl (C=O) groups excluding carboxylic acids is 1. The lowest BCUT2D eigenvalue weighted by molar-refractivity contribution is 0.0992. The van der Waals surface area contributed by atoms with Crippen LogP contribution in [0, 0.1) is 0 Å². The van der Waals surface area contributed by atoms with E-state index in [0.717, 1.165) is 18.4 Å². The largest absolute Gasteiger partial charge is 0.504 e. The summed E-state index contributed by atoms with van der Waals surface area (Å²) in [5, 5.41) is 14.5. The number of aromatic hydroxyl groups is 1. The molecule has 23 heavy (non-hydrogen) atoms. The zero-order valence-corrected chi connectivity index (χ0v) is 13.7. The van der Waals surface area contributed by atoms with Crippen LogP contribution >= 0.6 is 0 Å². The summed E-state index contributed by atoms with van der Waals surface area (Å²) in [7, 11) is 0. The van der Waals surface area contributed by atoms with Gasteiger partial charge >= 0.3 is 0 Å². The number of hydrogen-bond donors (Lipinski definition) is 2. The van der Waals surface area contributed by atoms with Gasteiger partial charge in [0.25, 0.3) is 5.91 Å². The number of rotatable bonds is 9. The lowest BCUT2D eigenvalue weighted by Crippen LogP contribution is -2.13. The number of hydrogen-bond acceptors (Lipinski definition) is 3. The zero-order chi connectivity index (χ0) is 16.7. The number of aryl methyl sites for hydroxylation is 1. The minimum Gasteiger partial charge on any atom is -0.504 e. The molecular weight excluding hydrogens is 290 g/mol. The molecule has 124 valence electrons. The van der Waals surface area contributed by atoms with E-state index in [2.05, 4.69) is 12.0 Å². The maximum atomic E-state index is 11.5. The molecule has 1 heterocycles. The van der Waals surface area contributed by atoms with Crippen LogP contribution in [0.1, 0.15) is 55.9 Å². The van der Waals surface area contributed by atoms with Crippen molar-refractivity contribution in [2.45, 2.75) is 52.0 Å². The van der Waals surface area contributed by atoms with Gasteiger partial charge in [-0.05, 0) is 6.42 Å². The van der Waals surface area contributed by atoms with Crippen LogP contribution in [0.4, 0.5) is 0 Å². The molecule has 0 aliphatic carbocycles. The van der Waals surface area contributed by atoms with Crippen molar-refractivity contribution in [2.75, 3.05) is 0 Å². The van der Waals surface area contributed by atoms with E-state index in [1.165, 1.54) is 25.7 Å². The minimum absolute atomic E-state index is 0.0603. The molecule has 0 spiro atoms. The molecular formula is C18H25N3O2. The molecule has 0 unspecified atom stereocenters. The molecule has 0 aliphatic heterocycles. The highest BCUT2D eigenvalue weighted by molar-refractivity contribution is 5.95. The van der Waals surface area contributed by atoms with Gasteiger partial charge in [0.1, 0.15) is 5.69 Å². The molecule has 5 heteroatoms. The van der Waals surface area contributed by atoms with E-state index < -0.39 is 5.91 Å². The number of nitrogens with zero attached hydrogens (tertiary/aromatic N) is 2. The maximum absolute atomic E-state index is 11.5. The second-order valence-corrected chi connectivity index (χ2v) is 5.77. The molecule has 5 nitrogen and oxygen atoms in total. The molecule has 1 amide bonds. The molecule has 0 aliphatic rings. The monoisotopic (exact) mass is 315 g/mol. The lowest BCUT2D eigenvalue weighted by Gasteiger charge is -2.08. The van der Waals surface area contributed by atoms with E-state index in [4.69, 9.17) is 5.73 Å². The topological polar surface area (TPSA) is 81.1 Å². The fourth-order valence-corrected chi connectivity index (χ4v) is 2.70. The smallest absolute Gasteiger partial charge is 0.273 e. The molecule has 2 aromatic rings. The summed E-state index contributed by atoms with van der Waals surface area (Å²) in [6, 6.07) is 9.46. The van der Waals surface area contributed by atoms with E-state index in [0.29, 0.717) is 12.2 Å². The number of unbranched alkanes of at least 4 members (excludes halogenated alkanes) is 5.